The number of halogens is 2. The summed E-state index contributed by atoms with van der Waals surface area (Å²) in [6.45, 7) is 3.30. The molecule has 96 valence electrons. The third kappa shape index (κ3) is 3.80. The van der Waals surface area contributed by atoms with E-state index in [0.29, 0.717) is 11.7 Å². The number of benzene rings is 1. The van der Waals surface area contributed by atoms with Crippen molar-refractivity contribution in [3.63, 3.8) is 0 Å². The third-order valence-electron chi connectivity index (χ3n) is 2.42. The molecular formula is C12H13BrClN3O. The van der Waals surface area contributed by atoms with E-state index in [1.807, 2.05) is 25.1 Å². The second-order valence-electron chi connectivity index (χ2n) is 3.90. The second kappa shape index (κ2) is 6.31. The van der Waals surface area contributed by atoms with Gasteiger partial charge in [0.2, 0.25) is 5.89 Å². The molecule has 0 aliphatic carbocycles. The van der Waals surface area contributed by atoms with E-state index in [1.165, 1.54) is 0 Å². The molecule has 0 atom stereocenters. The maximum absolute atomic E-state index is 6.12. The standard InChI is InChI=1S/C12H13BrClN3O/c1-8-16-12(18-17-8)4-5-15-7-9-2-3-10(13)6-11(9)14/h2-3,6,15H,4-5,7H2,1H3. The monoisotopic (exact) mass is 329 g/mol. The van der Waals surface area contributed by atoms with Gasteiger partial charge in [-0.1, -0.05) is 38.8 Å². The molecule has 0 aliphatic rings. The van der Waals surface area contributed by atoms with E-state index in [-0.39, 0.29) is 0 Å². The molecule has 2 rings (SSSR count). The Morgan fingerprint density at radius 1 is 1.44 bits per heavy atom. The molecule has 0 amide bonds. The summed E-state index contributed by atoms with van der Waals surface area (Å²) in [5.74, 6) is 1.32. The fourth-order valence-corrected chi connectivity index (χ4v) is 2.27. The molecule has 1 aromatic carbocycles. The Bertz CT molecular complexity index is 530. The zero-order valence-corrected chi connectivity index (χ0v) is 12.3. The fourth-order valence-electron chi connectivity index (χ4n) is 1.53. The van der Waals surface area contributed by atoms with Crippen LogP contribution in [0, 0.1) is 6.92 Å². The first-order chi connectivity index (χ1) is 8.65. The minimum atomic E-state index is 0.655. The van der Waals surface area contributed by atoms with E-state index < -0.39 is 0 Å². The molecule has 0 saturated carbocycles. The fraction of sp³-hybridized carbons (Fsp3) is 0.333. The van der Waals surface area contributed by atoms with Gasteiger partial charge in [0, 0.05) is 29.0 Å². The lowest BCUT2D eigenvalue weighted by molar-refractivity contribution is 0.372. The first-order valence-electron chi connectivity index (χ1n) is 5.59. The van der Waals surface area contributed by atoms with Crippen molar-refractivity contribution in [2.75, 3.05) is 6.54 Å². The summed E-state index contributed by atoms with van der Waals surface area (Å²) in [5.41, 5.74) is 1.07. The van der Waals surface area contributed by atoms with Crippen molar-refractivity contribution in [1.29, 1.82) is 0 Å². The Morgan fingerprint density at radius 2 is 2.28 bits per heavy atom. The number of rotatable bonds is 5. The van der Waals surface area contributed by atoms with Crippen LogP contribution in [0.4, 0.5) is 0 Å². The lowest BCUT2D eigenvalue weighted by atomic mass is 10.2. The largest absolute Gasteiger partial charge is 0.339 e. The average molecular weight is 331 g/mol. The SMILES string of the molecule is Cc1noc(CCNCc2ccc(Br)cc2Cl)n1. The zero-order valence-electron chi connectivity index (χ0n) is 9.91. The number of aryl methyl sites for hydroxylation is 1. The van der Waals surface area contributed by atoms with Gasteiger partial charge in [-0.3, -0.25) is 0 Å². The van der Waals surface area contributed by atoms with E-state index in [2.05, 4.69) is 31.4 Å². The van der Waals surface area contributed by atoms with Gasteiger partial charge in [-0.15, -0.1) is 0 Å². The lowest BCUT2D eigenvalue weighted by Crippen LogP contribution is -2.17. The maximum atomic E-state index is 6.12. The van der Waals surface area contributed by atoms with Crippen LogP contribution < -0.4 is 5.32 Å². The van der Waals surface area contributed by atoms with Gasteiger partial charge in [-0.2, -0.15) is 4.98 Å². The minimum absolute atomic E-state index is 0.655. The van der Waals surface area contributed by atoms with Crippen LogP contribution in [0.1, 0.15) is 17.3 Å². The smallest absolute Gasteiger partial charge is 0.227 e. The molecular weight excluding hydrogens is 318 g/mol. The quantitative estimate of drug-likeness (QED) is 0.856. The van der Waals surface area contributed by atoms with Crippen molar-refractivity contribution in [3.8, 4) is 0 Å². The molecule has 0 fully saturated rings. The van der Waals surface area contributed by atoms with E-state index >= 15 is 0 Å². The van der Waals surface area contributed by atoms with Crippen LogP contribution in [0.5, 0.6) is 0 Å². The van der Waals surface area contributed by atoms with E-state index in [9.17, 15) is 0 Å². The molecule has 2 aromatic rings. The Kier molecular flexibility index (Phi) is 4.74. The summed E-state index contributed by atoms with van der Waals surface area (Å²) < 4.78 is 6.01. The van der Waals surface area contributed by atoms with Gasteiger partial charge >= 0.3 is 0 Å². The van der Waals surface area contributed by atoms with E-state index in [4.69, 9.17) is 16.1 Å². The molecule has 4 nitrogen and oxygen atoms in total. The summed E-state index contributed by atoms with van der Waals surface area (Å²) in [6.07, 6.45) is 0.717. The van der Waals surface area contributed by atoms with Gasteiger partial charge in [-0.05, 0) is 24.6 Å². The lowest BCUT2D eigenvalue weighted by Gasteiger charge is -2.05. The van der Waals surface area contributed by atoms with Crippen LogP contribution >= 0.6 is 27.5 Å². The average Bonchev–Trinajstić information content (AvgIpc) is 2.73. The van der Waals surface area contributed by atoms with Crippen LogP contribution in [-0.4, -0.2) is 16.7 Å². The molecule has 1 N–H and O–H groups in total. The number of aromatic nitrogens is 2. The normalized spacial score (nSPS) is 10.8. The number of nitrogens with zero attached hydrogens (tertiary/aromatic N) is 2. The van der Waals surface area contributed by atoms with Gasteiger partial charge in [0.1, 0.15) is 0 Å². The highest BCUT2D eigenvalue weighted by atomic mass is 79.9. The number of hydrogen-bond donors (Lipinski definition) is 1. The van der Waals surface area contributed by atoms with Crippen LogP contribution in [-0.2, 0) is 13.0 Å². The van der Waals surface area contributed by atoms with Crippen molar-refractivity contribution < 1.29 is 4.52 Å². The highest BCUT2D eigenvalue weighted by Crippen LogP contribution is 2.21. The second-order valence-corrected chi connectivity index (χ2v) is 5.22. The molecule has 0 aliphatic heterocycles. The Hall–Kier alpha value is -0.910. The van der Waals surface area contributed by atoms with Crippen molar-refractivity contribution >= 4 is 27.5 Å². The van der Waals surface area contributed by atoms with E-state index in [0.717, 1.165) is 34.6 Å². The van der Waals surface area contributed by atoms with Gasteiger partial charge in [0.15, 0.2) is 5.82 Å². The molecule has 0 unspecified atom stereocenters. The minimum Gasteiger partial charge on any atom is -0.339 e. The molecule has 0 spiro atoms. The van der Waals surface area contributed by atoms with Crippen molar-refractivity contribution in [3.05, 3.63) is 45.0 Å². The highest BCUT2D eigenvalue weighted by molar-refractivity contribution is 9.10. The van der Waals surface area contributed by atoms with Crippen LogP contribution in [0.3, 0.4) is 0 Å². The predicted octanol–water partition coefficient (Wildman–Crippen LogP) is 3.13. The summed E-state index contributed by atoms with van der Waals surface area (Å²) in [4.78, 5) is 4.13. The van der Waals surface area contributed by atoms with Crippen LogP contribution in [0.15, 0.2) is 27.2 Å². The molecule has 1 heterocycles. The topological polar surface area (TPSA) is 51.0 Å². The third-order valence-corrected chi connectivity index (χ3v) is 3.26. The number of nitrogens with one attached hydrogen (secondary N) is 1. The molecule has 18 heavy (non-hydrogen) atoms. The van der Waals surface area contributed by atoms with Gasteiger partial charge < -0.3 is 9.84 Å². The molecule has 0 bridgehead atoms. The summed E-state index contributed by atoms with van der Waals surface area (Å²) in [7, 11) is 0. The molecule has 6 heteroatoms. The summed E-state index contributed by atoms with van der Waals surface area (Å²) in [6, 6.07) is 5.86. The molecule has 0 radical (unpaired) electrons. The maximum Gasteiger partial charge on any atom is 0.227 e. The van der Waals surface area contributed by atoms with Crippen molar-refractivity contribution in [2.24, 2.45) is 0 Å². The summed E-state index contributed by atoms with van der Waals surface area (Å²) in [5, 5.41) is 7.78. The van der Waals surface area contributed by atoms with Crippen molar-refractivity contribution in [1.82, 2.24) is 15.5 Å². The predicted molar refractivity (Wildman–Crippen MR) is 73.6 cm³/mol. The Balaban J connectivity index is 1.78. The van der Waals surface area contributed by atoms with Gasteiger partial charge in [-0.25, -0.2) is 0 Å². The number of hydrogen-bond acceptors (Lipinski definition) is 4. The van der Waals surface area contributed by atoms with Crippen LogP contribution in [0.25, 0.3) is 0 Å². The zero-order chi connectivity index (χ0) is 13.0. The van der Waals surface area contributed by atoms with Gasteiger partial charge in [0.25, 0.3) is 0 Å². The van der Waals surface area contributed by atoms with Crippen molar-refractivity contribution in [2.45, 2.75) is 19.9 Å². The highest BCUT2D eigenvalue weighted by Gasteiger charge is 2.03. The first-order valence-corrected chi connectivity index (χ1v) is 6.76. The van der Waals surface area contributed by atoms with E-state index in [1.54, 1.807) is 0 Å². The Morgan fingerprint density at radius 3 is 2.94 bits per heavy atom. The van der Waals surface area contributed by atoms with Crippen LogP contribution in [0.2, 0.25) is 5.02 Å². The summed E-state index contributed by atoms with van der Waals surface area (Å²) >= 11 is 9.50. The first kappa shape index (κ1) is 13.5. The molecule has 1 aromatic heterocycles. The molecule has 0 saturated heterocycles. The van der Waals surface area contributed by atoms with Gasteiger partial charge in [0.05, 0.1) is 0 Å². The Labute approximate surface area is 119 Å².